The molecule has 0 aromatic carbocycles. The van der Waals surface area contributed by atoms with E-state index in [4.69, 9.17) is 14.6 Å². The van der Waals surface area contributed by atoms with Crippen LogP contribution in [0.15, 0.2) is 12.1 Å². The Hall–Kier alpha value is -1.44. The molecule has 1 aliphatic carbocycles. The zero-order chi connectivity index (χ0) is 18.4. The van der Waals surface area contributed by atoms with Crippen LogP contribution in [0.2, 0.25) is 0 Å². The van der Waals surface area contributed by atoms with Gasteiger partial charge in [-0.25, -0.2) is 0 Å². The summed E-state index contributed by atoms with van der Waals surface area (Å²) in [6.07, 6.45) is 2.27. The lowest BCUT2D eigenvalue weighted by molar-refractivity contribution is -0.123. The molecule has 2 aliphatic rings. The van der Waals surface area contributed by atoms with Gasteiger partial charge in [-0.15, -0.1) is 11.3 Å². The highest BCUT2D eigenvalue weighted by molar-refractivity contribution is 7.11. The molecule has 4 atom stereocenters. The highest BCUT2D eigenvalue weighted by atomic mass is 32.1. The van der Waals surface area contributed by atoms with Crippen LogP contribution in [0.1, 0.15) is 29.5 Å². The number of rotatable bonds is 4. The van der Waals surface area contributed by atoms with E-state index >= 15 is 0 Å². The average molecular weight is 368 g/mol. The maximum absolute atomic E-state index is 11.4. The fourth-order valence-corrected chi connectivity index (χ4v) is 5.04. The number of hydrogen-bond acceptors (Lipinski definition) is 5. The van der Waals surface area contributed by atoms with E-state index in [2.05, 4.69) is 29.3 Å². The van der Waals surface area contributed by atoms with Gasteiger partial charge in [0.25, 0.3) is 6.47 Å². The Morgan fingerprint density at radius 2 is 2.04 bits per heavy atom. The lowest BCUT2D eigenvalue weighted by Crippen LogP contribution is -2.49. The standard InChI is InChI=1S/C17H26N2O2S.CH2O2/c1-11-4-5-15(22-11)10-19-8-13-6-16(18-12(2)20)17(21-3)7-14(13)9-19;2-1-3/h4-5,13-14,16-17H,6-10H2,1-3H3,(H,18,20);1H,(H,2,3)/t13-,14+,16-,17-;/m1./s1. The molecule has 1 aliphatic heterocycles. The van der Waals surface area contributed by atoms with E-state index in [0.717, 1.165) is 32.5 Å². The molecular weight excluding hydrogens is 340 g/mol. The van der Waals surface area contributed by atoms with Gasteiger partial charge < -0.3 is 15.2 Å². The number of amides is 1. The SMILES string of the molecule is CO[C@@H]1C[C@H]2CN(Cc3ccc(C)s3)C[C@H]2C[C@H]1NC(C)=O.O=CO. The van der Waals surface area contributed by atoms with Crippen molar-refractivity contribution in [2.75, 3.05) is 20.2 Å². The summed E-state index contributed by atoms with van der Waals surface area (Å²) < 4.78 is 5.64. The molecule has 0 unspecified atom stereocenters. The Bertz CT molecular complexity index is 577. The highest BCUT2D eigenvalue weighted by Crippen LogP contribution is 2.38. The number of ether oxygens (including phenoxy) is 1. The van der Waals surface area contributed by atoms with Crippen LogP contribution in [0.25, 0.3) is 0 Å². The van der Waals surface area contributed by atoms with Crippen molar-refractivity contribution in [1.82, 2.24) is 10.2 Å². The Balaban J connectivity index is 0.000000701. The minimum atomic E-state index is -0.250. The van der Waals surface area contributed by atoms with Crippen molar-refractivity contribution in [3.05, 3.63) is 21.9 Å². The Morgan fingerprint density at radius 3 is 2.56 bits per heavy atom. The number of carbonyl (C=O) groups excluding carboxylic acids is 1. The molecule has 140 valence electrons. The van der Waals surface area contributed by atoms with Crippen LogP contribution < -0.4 is 5.32 Å². The third kappa shape index (κ3) is 5.52. The molecule has 0 radical (unpaired) electrons. The first-order valence-corrected chi connectivity index (χ1v) is 9.43. The Kier molecular flexibility index (Phi) is 7.40. The summed E-state index contributed by atoms with van der Waals surface area (Å²) in [6, 6.07) is 4.63. The highest BCUT2D eigenvalue weighted by Gasteiger charge is 2.42. The molecule has 1 saturated heterocycles. The van der Waals surface area contributed by atoms with Gasteiger partial charge >= 0.3 is 0 Å². The van der Waals surface area contributed by atoms with Gasteiger partial charge in [0.15, 0.2) is 0 Å². The van der Waals surface area contributed by atoms with Gasteiger partial charge in [0.05, 0.1) is 12.1 Å². The molecule has 2 N–H and O–H groups in total. The number of nitrogens with one attached hydrogen (secondary N) is 1. The number of carboxylic acid groups (broad SMARTS) is 1. The summed E-state index contributed by atoms with van der Waals surface area (Å²) in [5.41, 5.74) is 0. The zero-order valence-electron chi connectivity index (χ0n) is 15.1. The van der Waals surface area contributed by atoms with Crippen LogP contribution in [0.4, 0.5) is 0 Å². The molecule has 2 heterocycles. The van der Waals surface area contributed by atoms with E-state index in [1.165, 1.54) is 9.75 Å². The molecule has 0 spiro atoms. The number of aryl methyl sites for hydroxylation is 1. The molecule has 25 heavy (non-hydrogen) atoms. The molecule has 6 nitrogen and oxygen atoms in total. The molecule has 1 aromatic rings. The van der Waals surface area contributed by atoms with Crippen LogP contribution >= 0.6 is 11.3 Å². The first-order chi connectivity index (χ1) is 12.0. The summed E-state index contributed by atoms with van der Waals surface area (Å²) >= 11 is 1.90. The molecule has 1 saturated carbocycles. The number of methoxy groups -OCH3 is 1. The number of hydrogen-bond donors (Lipinski definition) is 2. The summed E-state index contributed by atoms with van der Waals surface area (Å²) in [5, 5.41) is 9.97. The van der Waals surface area contributed by atoms with Crippen LogP contribution in [-0.2, 0) is 20.9 Å². The van der Waals surface area contributed by atoms with Crippen molar-refractivity contribution in [3.8, 4) is 0 Å². The van der Waals surface area contributed by atoms with Gasteiger partial charge in [0.1, 0.15) is 0 Å². The van der Waals surface area contributed by atoms with Crippen molar-refractivity contribution < 1.29 is 19.4 Å². The summed E-state index contributed by atoms with van der Waals surface area (Å²) in [6.45, 7) is 6.88. The molecule has 7 heteroatoms. The van der Waals surface area contributed by atoms with Gasteiger partial charge in [-0.2, -0.15) is 0 Å². The van der Waals surface area contributed by atoms with E-state index < -0.39 is 0 Å². The second kappa shape index (κ2) is 9.31. The third-order valence-corrected chi connectivity index (χ3v) is 6.04. The van der Waals surface area contributed by atoms with Crippen LogP contribution in [0.3, 0.4) is 0 Å². The fourth-order valence-electron chi connectivity index (χ4n) is 4.10. The Morgan fingerprint density at radius 1 is 1.40 bits per heavy atom. The first-order valence-electron chi connectivity index (χ1n) is 8.62. The van der Waals surface area contributed by atoms with Crippen LogP contribution in [0.5, 0.6) is 0 Å². The van der Waals surface area contributed by atoms with Crippen molar-refractivity contribution >= 4 is 23.7 Å². The third-order valence-electron chi connectivity index (χ3n) is 5.06. The number of carbonyl (C=O) groups is 2. The van der Waals surface area contributed by atoms with Gasteiger partial charge in [-0.05, 0) is 43.7 Å². The van der Waals surface area contributed by atoms with Gasteiger partial charge in [-0.3, -0.25) is 14.5 Å². The minimum absolute atomic E-state index is 0.0504. The number of thiophene rings is 1. The summed E-state index contributed by atoms with van der Waals surface area (Å²) in [4.78, 5) is 25.2. The second-order valence-electron chi connectivity index (χ2n) is 6.88. The topological polar surface area (TPSA) is 78.9 Å². The number of nitrogens with zero attached hydrogens (tertiary/aromatic N) is 1. The van der Waals surface area contributed by atoms with Gasteiger partial charge in [-0.1, -0.05) is 0 Å². The van der Waals surface area contributed by atoms with E-state index in [1.54, 1.807) is 14.0 Å². The lowest BCUT2D eigenvalue weighted by Gasteiger charge is -2.37. The largest absolute Gasteiger partial charge is 0.483 e. The lowest BCUT2D eigenvalue weighted by atomic mass is 9.77. The number of fused-ring (bicyclic) bond motifs is 1. The maximum atomic E-state index is 11.4. The fraction of sp³-hybridized carbons (Fsp3) is 0.667. The van der Waals surface area contributed by atoms with Crippen LogP contribution in [0, 0.1) is 18.8 Å². The number of likely N-dealkylation sites (tertiary alicyclic amines) is 1. The minimum Gasteiger partial charge on any atom is -0.483 e. The van der Waals surface area contributed by atoms with Crippen molar-refractivity contribution in [3.63, 3.8) is 0 Å². The van der Waals surface area contributed by atoms with E-state index in [-0.39, 0.29) is 24.5 Å². The normalized spacial score (nSPS) is 28.6. The maximum Gasteiger partial charge on any atom is 0.290 e. The van der Waals surface area contributed by atoms with Crippen molar-refractivity contribution in [2.45, 2.75) is 45.4 Å². The summed E-state index contributed by atoms with van der Waals surface area (Å²) in [7, 11) is 1.76. The zero-order valence-corrected chi connectivity index (χ0v) is 15.9. The van der Waals surface area contributed by atoms with E-state index in [1.807, 2.05) is 11.3 Å². The monoisotopic (exact) mass is 368 g/mol. The molecule has 1 aromatic heterocycles. The molecule has 1 amide bonds. The first kappa shape index (κ1) is 19.9. The average Bonchev–Trinajstić information content (AvgIpc) is 3.12. The van der Waals surface area contributed by atoms with Gasteiger partial charge in [0.2, 0.25) is 5.91 Å². The van der Waals surface area contributed by atoms with E-state index in [0.29, 0.717) is 11.8 Å². The predicted molar refractivity (Wildman–Crippen MR) is 97.6 cm³/mol. The second-order valence-corrected chi connectivity index (χ2v) is 8.26. The molecular formula is C18H28N2O4S. The van der Waals surface area contributed by atoms with Gasteiger partial charge in [0, 0.05) is 43.4 Å². The van der Waals surface area contributed by atoms with Crippen LogP contribution in [-0.4, -0.2) is 54.7 Å². The van der Waals surface area contributed by atoms with Crippen molar-refractivity contribution in [1.29, 1.82) is 0 Å². The molecule has 0 bridgehead atoms. The quantitative estimate of drug-likeness (QED) is 0.796. The molecule has 3 rings (SSSR count). The summed E-state index contributed by atoms with van der Waals surface area (Å²) in [5.74, 6) is 1.44. The predicted octanol–water partition coefficient (Wildman–Crippen LogP) is 2.12. The Labute approximate surface area is 153 Å². The van der Waals surface area contributed by atoms with E-state index in [9.17, 15) is 4.79 Å². The smallest absolute Gasteiger partial charge is 0.290 e. The van der Waals surface area contributed by atoms with Crippen molar-refractivity contribution in [2.24, 2.45) is 11.8 Å². The molecule has 2 fully saturated rings.